The van der Waals surface area contributed by atoms with Crippen LogP contribution in [0.4, 0.5) is 20.6 Å². The Balaban J connectivity index is 1.33. The number of anilines is 2. The van der Waals surface area contributed by atoms with E-state index in [0.29, 0.717) is 36.0 Å². The fourth-order valence-electron chi connectivity index (χ4n) is 4.42. The fourth-order valence-corrected chi connectivity index (χ4v) is 6.07. The van der Waals surface area contributed by atoms with Crippen molar-refractivity contribution in [3.05, 3.63) is 36.4 Å². The third-order valence-electron chi connectivity index (χ3n) is 5.63. The Labute approximate surface area is 164 Å². The molecule has 1 aromatic heterocycles. The molecule has 3 saturated heterocycles. The van der Waals surface area contributed by atoms with Crippen LogP contribution in [0.3, 0.4) is 0 Å². The number of aromatic nitrogens is 3. The SMILES string of the molecule is O=C1O[C@@H](Cn2ccnn2)CN1c1ccc(N2C3CCC2C[S+]([O-])C3)c(F)c1. The van der Waals surface area contributed by atoms with Gasteiger partial charge in [0, 0.05) is 6.20 Å². The molecular weight excluding hydrogens is 385 g/mol. The van der Waals surface area contributed by atoms with Gasteiger partial charge in [-0.1, -0.05) is 5.21 Å². The van der Waals surface area contributed by atoms with Gasteiger partial charge in [-0.3, -0.25) is 4.90 Å². The molecule has 0 radical (unpaired) electrons. The molecule has 3 fully saturated rings. The first-order chi connectivity index (χ1) is 13.6. The molecule has 2 aromatic rings. The molecule has 28 heavy (non-hydrogen) atoms. The molecule has 5 rings (SSSR count). The van der Waals surface area contributed by atoms with Crippen LogP contribution in [0.15, 0.2) is 30.6 Å². The molecule has 4 heterocycles. The van der Waals surface area contributed by atoms with Gasteiger partial charge in [-0.15, -0.1) is 5.10 Å². The number of rotatable bonds is 4. The Morgan fingerprint density at radius 1 is 1.29 bits per heavy atom. The molecule has 2 unspecified atom stereocenters. The highest BCUT2D eigenvalue weighted by atomic mass is 32.2. The van der Waals surface area contributed by atoms with Gasteiger partial charge in [-0.25, -0.2) is 13.9 Å². The lowest BCUT2D eigenvalue weighted by molar-refractivity contribution is 0.129. The molecule has 0 aliphatic carbocycles. The molecule has 0 N–H and O–H groups in total. The smallest absolute Gasteiger partial charge is 0.414 e. The van der Waals surface area contributed by atoms with E-state index in [2.05, 4.69) is 15.2 Å². The Morgan fingerprint density at radius 3 is 2.75 bits per heavy atom. The van der Waals surface area contributed by atoms with Crippen LogP contribution in [-0.4, -0.2) is 61.9 Å². The monoisotopic (exact) mass is 405 g/mol. The van der Waals surface area contributed by atoms with Crippen LogP contribution in [-0.2, 0) is 22.5 Å². The van der Waals surface area contributed by atoms with E-state index in [-0.39, 0.29) is 24.0 Å². The third kappa shape index (κ3) is 3.10. The molecule has 3 atom stereocenters. The highest BCUT2D eigenvalue weighted by Gasteiger charge is 2.44. The summed E-state index contributed by atoms with van der Waals surface area (Å²) < 4.78 is 33.9. The van der Waals surface area contributed by atoms with E-state index in [0.717, 1.165) is 12.8 Å². The molecule has 3 aliphatic heterocycles. The number of carbonyl (C=O) groups is 1. The predicted molar refractivity (Wildman–Crippen MR) is 101 cm³/mol. The number of halogens is 1. The number of nitrogens with zero attached hydrogens (tertiary/aromatic N) is 5. The van der Waals surface area contributed by atoms with Crippen molar-refractivity contribution in [1.29, 1.82) is 0 Å². The van der Waals surface area contributed by atoms with Crippen LogP contribution >= 0.6 is 0 Å². The summed E-state index contributed by atoms with van der Waals surface area (Å²) in [5.41, 5.74) is 1.000. The fraction of sp³-hybridized carbons (Fsp3) is 0.500. The van der Waals surface area contributed by atoms with Crippen molar-refractivity contribution in [3.8, 4) is 0 Å². The second-order valence-electron chi connectivity index (χ2n) is 7.44. The summed E-state index contributed by atoms with van der Waals surface area (Å²) in [6.45, 7) is 0.725. The first-order valence-corrected chi connectivity index (χ1v) is 10.8. The van der Waals surface area contributed by atoms with Gasteiger partial charge in [0.2, 0.25) is 0 Å². The lowest BCUT2D eigenvalue weighted by atomic mass is 10.2. The van der Waals surface area contributed by atoms with Crippen LogP contribution in [0.1, 0.15) is 12.8 Å². The molecule has 3 aliphatic rings. The quantitative estimate of drug-likeness (QED) is 0.718. The number of carbonyl (C=O) groups excluding carboxylic acids is 1. The van der Waals surface area contributed by atoms with Gasteiger partial charge in [-0.2, -0.15) is 0 Å². The molecule has 2 bridgehead atoms. The average Bonchev–Trinajstić information content (AvgIpc) is 3.35. The summed E-state index contributed by atoms with van der Waals surface area (Å²) in [5, 5.41) is 7.61. The molecule has 0 saturated carbocycles. The van der Waals surface area contributed by atoms with Gasteiger partial charge in [0.05, 0.1) is 42.7 Å². The van der Waals surface area contributed by atoms with E-state index >= 15 is 0 Å². The van der Waals surface area contributed by atoms with E-state index in [1.54, 1.807) is 29.2 Å². The Kier molecular flexibility index (Phi) is 4.39. The van der Waals surface area contributed by atoms with Gasteiger partial charge in [-0.05, 0) is 42.2 Å². The van der Waals surface area contributed by atoms with Crippen molar-refractivity contribution in [2.75, 3.05) is 27.9 Å². The van der Waals surface area contributed by atoms with Crippen LogP contribution in [0, 0.1) is 5.82 Å². The topological polar surface area (TPSA) is 86.6 Å². The zero-order valence-corrected chi connectivity index (χ0v) is 15.9. The second-order valence-corrected chi connectivity index (χ2v) is 8.99. The number of hydrogen-bond acceptors (Lipinski definition) is 6. The number of amides is 1. The molecule has 0 spiro atoms. The van der Waals surface area contributed by atoms with E-state index in [1.165, 1.54) is 11.0 Å². The van der Waals surface area contributed by atoms with Crippen molar-refractivity contribution >= 4 is 28.6 Å². The number of benzene rings is 1. The van der Waals surface area contributed by atoms with Crippen LogP contribution < -0.4 is 9.80 Å². The van der Waals surface area contributed by atoms with Crippen molar-refractivity contribution in [2.45, 2.75) is 37.6 Å². The average molecular weight is 405 g/mol. The van der Waals surface area contributed by atoms with E-state index in [9.17, 15) is 13.7 Å². The van der Waals surface area contributed by atoms with Crippen LogP contribution in [0.25, 0.3) is 0 Å². The molecule has 1 amide bonds. The predicted octanol–water partition coefficient (Wildman–Crippen LogP) is 1.54. The standard InChI is InChI=1S/C18H20FN5O3S/c19-16-7-12(23-9-15(27-18(23)25)8-22-6-5-20-21-22)3-4-17(16)24-13-1-2-14(24)11-28(26)10-13/h3-7,13-15H,1-2,8-11H2/t13?,14?,15-,28?/m0/s1. The number of cyclic esters (lactones) is 1. The van der Waals surface area contributed by atoms with Gasteiger partial charge in [0.1, 0.15) is 23.4 Å². The lowest BCUT2D eigenvalue weighted by Crippen LogP contribution is -2.49. The zero-order valence-electron chi connectivity index (χ0n) is 15.1. The molecule has 10 heteroatoms. The van der Waals surface area contributed by atoms with Gasteiger partial charge in [0.25, 0.3) is 0 Å². The number of fused-ring (bicyclic) bond motifs is 2. The Bertz CT molecular complexity index is 868. The third-order valence-corrected chi connectivity index (χ3v) is 7.15. The molecule has 1 aromatic carbocycles. The van der Waals surface area contributed by atoms with E-state index in [4.69, 9.17) is 4.74 Å². The van der Waals surface area contributed by atoms with Crippen molar-refractivity contribution < 1.29 is 18.5 Å². The minimum atomic E-state index is -0.813. The zero-order chi connectivity index (χ0) is 19.3. The first-order valence-electron chi connectivity index (χ1n) is 9.33. The van der Waals surface area contributed by atoms with Gasteiger partial charge < -0.3 is 14.2 Å². The summed E-state index contributed by atoms with van der Waals surface area (Å²) in [5.74, 6) is 0.829. The van der Waals surface area contributed by atoms with E-state index < -0.39 is 17.3 Å². The Morgan fingerprint density at radius 2 is 2.07 bits per heavy atom. The van der Waals surface area contributed by atoms with Crippen LogP contribution in [0.5, 0.6) is 0 Å². The Hall–Kier alpha value is -2.33. The largest absolute Gasteiger partial charge is 0.616 e. The first kappa shape index (κ1) is 17.7. The number of hydrogen-bond donors (Lipinski definition) is 0. The number of ether oxygens (including phenoxy) is 1. The van der Waals surface area contributed by atoms with Gasteiger partial charge in [0.15, 0.2) is 0 Å². The maximum absolute atomic E-state index is 15.0. The van der Waals surface area contributed by atoms with Crippen LogP contribution in [0.2, 0.25) is 0 Å². The maximum Gasteiger partial charge on any atom is 0.414 e. The van der Waals surface area contributed by atoms with Crippen molar-refractivity contribution in [2.24, 2.45) is 0 Å². The minimum Gasteiger partial charge on any atom is -0.616 e. The van der Waals surface area contributed by atoms with E-state index in [1.807, 2.05) is 0 Å². The highest BCUT2D eigenvalue weighted by molar-refractivity contribution is 7.91. The summed E-state index contributed by atoms with van der Waals surface area (Å²) in [6, 6.07) is 5.12. The maximum atomic E-state index is 15.0. The summed E-state index contributed by atoms with van der Waals surface area (Å²) in [6.07, 6.45) is 4.28. The lowest BCUT2D eigenvalue weighted by Gasteiger charge is -2.37. The second kappa shape index (κ2) is 6.93. The van der Waals surface area contributed by atoms with Crippen molar-refractivity contribution in [1.82, 2.24) is 15.0 Å². The molecule has 148 valence electrons. The van der Waals surface area contributed by atoms with Gasteiger partial charge >= 0.3 is 6.09 Å². The summed E-state index contributed by atoms with van der Waals surface area (Å²) in [4.78, 5) is 15.8. The minimum absolute atomic E-state index is 0.128. The summed E-state index contributed by atoms with van der Waals surface area (Å²) in [7, 11) is 0. The normalized spacial score (nSPS) is 29.4. The molecule has 8 nitrogen and oxygen atoms in total. The molecular formula is C18H20FN5O3S. The van der Waals surface area contributed by atoms with Crippen molar-refractivity contribution in [3.63, 3.8) is 0 Å². The highest BCUT2D eigenvalue weighted by Crippen LogP contribution is 2.38. The summed E-state index contributed by atoms with van der Waals surface area (Å²) >= 11 is -0.813.